The molecule has 0 spiro atoms. The van der Waals surface area contributed by atoms with Crippen LogP contribution in [0.15, 0.2) is 0 Å². The predicted molar refractivity (Wildman–Crippen MR) is 89.0 cm³/mol. The molecule has 0 aliphatic rings. The van der Waals surface area contributed by atoms with Crippen LogP contribution in [0.2, 0.25) is 0 Å². The molecule has 0 fully saturated rings. The highest BCUT2D eigenvalue weighted by molar-refractivity contribution is 7.98. The summed E-state index contributed by atoms with van der Waals surface area (Å²) < 4.78 is 0. The van der Waals surface area contributed by atoms with Crippen molar-refractivity contribution in [2.45, 2.75) is 32.7 Å². The van der Waals surface area contributed by atoms with Crippen molar-refractivity contribution >= 4 is 29.6 Å². The topological polar surface area (TPSA) is 66.0 Å². The van der Waals surface area contributed by atoms with E-state index in [0.29, 0.717) is 23.9 Å². The van der Waals surface area contributed by atoms with E-state index in [9.17, 15) is 0 Å². The van der Waals surface area contributed by atoms with E-state index in [4.69, 9.17) is 0 Å². The van der Waals surface area contributed by atoms with E-state index >= 15 is 0 Å². The molecule has 1 atom stereocenters. The van der Waals surface area contributed by atoms with Crippen LogP contribution in [-0.4, -0.2) is 53.6 Å². The molecule has 0 amide bonds. The second kappa shape index (κ2) is 8.84. The van der Waals surface area contributed by atoms with Gasteiger partial charge in [0, 0.05) is 26.7 Å². The second-order valence-corrected chi connectivity index (χ2v) is 5.92. The van der Waals surface area contributed by atoms with Gasteiger partial charge in [0.05, 0.1) is 0 Å². The van der Waals surface area contributed by atoms with Gasteiger partial charge in [-0.2, -0.15) is 26.7 Å². The normalized spacial score (nSPS) is 12.1. The van der Waals surface area contributed by atoms with E-state index in [1.165, 1.54) is 0 Å². The summed E-state index contributed by atoms with van der Waals surface area (Å²) in [5.41, 5.74) is 0. The van der Waals surface area contributed by atoms with Crippen LogP contribution in [0.4, 0.5) is 17.8 Å². The van der Waals surface area contributed by atoms with E-state index in [0.717, 1.165) is 25.1 Å². The molecule has 1 rings (SSSR count). The molecule has 0 aliphatic carbocycles. The number of thioether (sulfide) groups is 1. The molecular formula is C13H26N6S. The van der Waals surface area contributed by atoms with Crippen LogP contribution in [-0.2, 0) is 0 Å². The molecule has 1 aromatic rings. The third-order valence-electron chi connectivity index (χ3n) is 2.69. The summed E-state index contributed by atoms with van der Waals surface area (Å²) in [7, 11) is 3.86. The van der Waals surface area contributed by atoms with Crippen LogP contribution in [0.5, 0.6) is 0 Å². The summed E-state index contributed by atoms with van der Waals surface area (Å²) in [4.78, 5) is 15.1. The van der Waals surface area contributed by atoms with Crippen molar-refractivity contribution in [2.75, 3.05) is 48.2 Å². The Morgan fingerprint density at radius 2 is 1.90 bits per heavy atom. The van der Waals surface area contributed by atoms with Crippen molar-refractivity contribution in [3.05, 3.63) is 0 Å². The summed E-state index contributed by atoms with van der Waals surface area (Å²) in [6, 6.07) is 0.346. The number of aromatic nitrogens is 3. The quantitative estimate of drug-likeness (QED) is 0.725. The summed E-state index contributed by atoms with van der Waals surface area (Å²) in [6.45, 7) is 5.12. The van der Waals surface area contributed by atoms with Crippen LogP contribution in [0.3, 0.4) is 0 Å². The van der Waals surface area contributed by atoms with Crippen LogP contribution < -0.4 is 15.5 Å². The molecule has 1 heterocycles. The van der Waals surface area contributed by atoms with E-state index in [1.807, 2.05) is 30.8 Å². The van der Waals surface area contributed by atoms with Gasteiger partial charge < -0.3 is 15.5 Å². The van der Waals surface area contributed by atoms with Gasteiger partial charge in [0.2, 0.25) is 17.8 Å². The number of rotatable bonds is 9. The highest BCUT2D eigenvalue weighted by Gasteiger charge is 2.10. The van der Waals surface area contributed by atoms with E-state index in [2.05, 4.69) is 45.7 Å². The number of hydrogen-bond donors (Lipinski definition) is 2. The lowest BCUT2D eigenvalue weighted by Gasteiger charge is -2.17. The molecule has 2 N–H and O–H groups in total. The van der Waals surface area contributed by atoms with E-state index in [1.54, 1.807) is 0 Å². The molecular weight excluding hydrogens is 272 g/mol. The second-order valence-electron chi connectivity index (χ2n) is 4.93. The molecule has 0 saturated carbocycles. The summed E-state index contributed by atoms with van der Waals surface area (Å²) >= 11 is 1.85. The Bertz CT molecular complexity index is 398. The van der Waals surface area contributed by atoms with Crippen molar-refractivity contribution in [3.8, 4) is 0 Å². The fourth-order valence-corrected chi connectivity index (χ4v) is 2.12. The van der Waals surface area contributed by atoms with Crippen LogP contribution >= 0.6 is 11.8 Å². The first kappa shape index (κ1) is 16.8. The fourth-order valence-electron chi connectivity index (χ4n) is 1.53. The standard InChI is InChI=1S/C13H26N6S/c1-6-8-14-11-16-12(15-10(2)7-9-20-5)18-13(17-11)19(3)4/h10H,6-9H2,1-5H3,(H2,14,15,16,17,18). The third kappa shape index (κ3) is 5.81. The zero-order chi connectivity index (χ0) is 15.0. The highest BCUT2D eigenvalue weighted by atomic mass is 32.2. The summed E-state index contributed by atoms with van der Waals surface area (Å²) in [5, 5.41) is 6.56. The van der Waals surface area contributed by atoms with E-state index in [-0.39, 0.29) is 0 Å². The molecule has 1 aromatic heterocycles. The van der Waals surface area contributed by atoms with Gasteiger partial charge in [-0.3, -0.25) is 0 Å². The Balaban J connectivity index is 2.79. The largest absolute Gasteiger partial charge is 0.354 e. The average Bonchev–Trinajstić information content (AvgIpc) is 2.42. The molecule has 0 aliphatic heterocycles. The minimum atomic E-state index is 0.346. The van der Waals surface area contributed by atoms with Crippen molar-refractivity contribution in [1.82, 2.24) is 15.0 Å². The van der Waals surface area contributed by atoms with Crippen LogP contribution in [0.1, 0.15) is 26.7 Å². The Hall–Kier alpha value is -1.24. The number of anilines is 3. The molecule has 114 valence electrons. The predicted octanol–water partition coefficient (Wildman–Crippen LogP) is 2.31. The maximum atomic E-state index is 4.43. The van der Waals surface area contributed by atoms with Gasteiger partial charge in [0.1, 0.15) is 0 Å². The van der Waals surface area contributed by atoms with Crippen LogP contribution in [0.25, 0.3) is 0 Å². The lowest BCUT2D eigenvalue weighted by Crippen LogP contribution is -2.21. The van der Waals surface area contributed by atoms with E-state index < -0.39 is 0 Å². The van der Waals surface area contributed by atoms with Crippen molar-refractivity contribution in [3.63, 3.8) is 0 Å². The minimum Gasteiger partial charge on any atom is -0.354 e. The Kier molecular flexibility index (Phi) is 7.43. The maximum absolute atomic E-state index is 4.43. The summed E-state index contributed by atoms with van der Waals surface area (Å²) in [6.07, 6.45) is 4.24. The van der Waals surface area contributed by atoms with Gasteiger partial charge in [-0.1, -0.05) is 6.92 Å². The van der Waals surface area contributed by atoms with Gasteiger partial charge in [-0.15, -0.1) is 0 Å². The lowest BCUT2D eigenvalue weighted by atomic mass is 10.3. The first-order valence-corrected chi connectivity index (χ1v) is 8.39. The highest BCUT2D eigenvalue weighted by Crippen LogP contribution is 2.13. The van der Waals surface area contributed by atoms with Crippen molar-refractivity contribution < 1.29 is 0 Å². The van der Waals surface area contributed by atoms with Crippen molar-refractivity contribution in [2.24, 2.45) is 0 Å². The zero-order valence-electron chi connectivity index (χ0n) is 13.1. The zero-order valence-corrected chi connectivity index (χ0v) is 13.9. The number of nitrogens with one attached hydrogen (secondary N) is 2. The first-order valence-electron chi connectivity index (χ1n) is 6.99. The third-order valence-corrected chi connectivity index (χ3v) is 3.33. The SMILES string of the molecule is CCCNc1nc(NC(C)CCSC)nc(N(C)C)n1. The van der Waals surface area contributed by atoms with Gasteiger partial charge in [-0.25, -0.2) is 0 Å². The van der Waals surface area contributed by atoms with Gasteiger partial charge in [0.25, 0.3) is 0 Å². The Morgan fingerprint density at radius 1 is 1.20 bits per heavy atom. The molecule has 0 aromatic carbocycles. The average molecular weight is 298 g/mol. The first-order chi connectivity index (χ1) is 9.56. The van der Waals surface area contributed by atoms with Gasteiger partial charge >= 0.3 is 0 Å². The molecule has 6 nitrogen and oxygen atoms in total. The molecule has 7 heteroatoms. The molecule has 0 saturated heterocycles. The molecule has 20 heavy (non-hydrogen) atoms. The molecule has 0 bridgehead atoms. The number of nitrogens with zero attached hydrogens (tertiary/aromatic N) is 4. The molecule has 1 unspecified atom stereocenters. The maximum Gasteiger partial charge on any atom is 0.231 e. The minimum absolute atomic E-state index is 0.346. The lowest BCUT2D eigenvalue weighted by molar-refractivity contribution is 0.756. The molecule has 0 radical (unpaired) electrons. The smallest absolute Gasteiger partial charge is 0.231 e. The monoisotopic (exact) mass is 298 g/mol. The van der Waals surface area contributed by atoms with Crippen LogP contribution in [0, 0.1) is 0 Å². The van der Waals surface area contributed by atoms with Gasteiger partial charge in [-0.05, 0) is 31.8 Å². The Morgan fingerprint density at radius 3 is 2.50 bits per heavy atom. The summed E-state index contributed by atoms with van der Waals surface area (Å²) in [5.74, 6) is 3.06. The fraction of sp³-hybridized carbons (Fsp3) is 0.769. The van der Waals surface area contributed by atoms with Gasteiger partial charge in [0.15, 0.2) is 0 Å². The Labute approximate surface area is 126 Å². The number of hydrogen-bond acceptors (Lipinski definition) is 7. The van der Waals surface area contributed by atoms with Crippen molar-refractivity contribution in [1.29, 1.82) is 0 Å².